The van der Waals surface area contributed by atoms with Crippen LogP contribution in [0.1, 0.15) is 0 Å². The quantitative estimate of drug-likeness (QED) is 0.176. The highest BCUT2D eigenvalue weighted by Crippen LogP contribution is 2.47. The molecule has 0 N–H and O–H groups in total. The van der Waals surface area contributed by atoms with Gasteiger partial charge in [0.15, 0.2) is 5.82 Å². The fourth-order valence-electron chi connectivity index (χ4n) is 8.81. The monoisotopic (exact) mass is 744 g/mol. The molecule has 4 heterocycles. The smallest absolute Gasteiger partial charge is 0.162 e. The summed E-state index contributed by atoms with van der Waals surface area (Å²) in [5, 5.41) is 7.37. The first-order valence-corrected chi connectivity index (χ1v) is 20.1. The van der Waals surface area contributed by atoms with Crippen molar-refractivity contribution in [2.45, 2.75) is 0 Å². The van der Waals surface area contributed by atoms with Gasteiger partial charge in [-0.05, 0) is 47.5 Å². The highest BCUT2D eigenvalue weighted by atomic mass is 32.1. The summed E-state index contributed by atoms with van der Waals surface area (Å²) in [6.45, 7) is 0. The van der Waals surface area contributed by atoms with E-state index in [1.165, 1.54) is 63.9 Å². The van der Waals surface area contributed by atoms with Gasteiger partial charge in [-0.1, -0.05) is 152 Å². The van der Waals surface area contributed by atoms with E-state index in [1.54, 1.807) is 0 Å². The lowest BCUT2D eigenvalue weighted by Crippen LogP contribution is -2.02. The Labute approximate surface area is 332 Å². The van der Waals surface area contributed by atoms with Gasteiger partial charge in [-0.25, -0.2) is 9.97 Å². The molecule has 12 aromatic rings. The first-order chi connectivity index (χ1) is 28.3. The molecule has 5 heteroatoms. The number of aromatic nitrogens is 4. The zero-order chi connectivity index (χ0) is 37.5. The van der Waals surface area contributed by atoms with Crippen molar-refractivity contribution in [2.24, 2.45) is 0 Å². The van der Waals surface area contributed by atoms with Crippen LogP contribution in [0.5, 0.6) is 0 Å². The maximum absolute atomic E-state index is 5.39. The average Bonchev–Trinajstić information content (AvgIpc) is 3.95. The molecule has 0 atom stereocenters. The molecule has 0 amide bonds. The Morgan fingerprint density at radius 1 is 0.368 bits per heavy atom. The second-order valence-corrected chi connectivity index (χ2v) is 15.6. The van der Waals surface area contributed by atoms with Crippen molar-refractivity contribution >= 4 is 75.1 Å². The van der Waals surface area contributed by atoms with Gasteiger partial charge in [0.2, 0.25) is 0 Å². The highest BCUT2D eigenvalue weighted by Gasteiger charge is 2.24. The van der Waals surface area contributed by atoms with E-state index < -0.39 is 0 Å². The van der Waals surface area contributed by atoms with Gasteiger partial charge in [0.25, 0.3) is 0 Å². The van der Waals surface area contributed by atoms with Crippen LogP contribution in [-0.4, -0.2) is 19.1 Å². The van der Waals surface area contributed by atoms with E-state index in [1.807, 2.05) is 23.5 Å². The average molecular weight is 745 g/mol. The van der Waals surface area contributed by atoms with Gasteiger partial charge in [-0.3, -0.25) is 4.57 Å². The van der Waals surface area contributed by atoms with E-state index in [2.05, 4.69) is 191 Å². The number of nitrogens with zero attached hydrogens (tertiary/aromatic N) is 4. The molecule has 0 saturated carbocycles. The van der Waals surface area contributed by atoms with Gasteiger partial charge in [-0.15, -0.1) is 11.3 Å². The molecular weight excluding hydrogens is 713 g/mol. The number of hydrogen-bond acceptors (Lipinski definition) is 3. The van der Waals surface area contributed by atoms with E-state index in [9.17, 15) is 0 Å². The van der Waals surface area contributed by atoms with Crippen LogP contribution >= 0.6 is 11.3 Å². The van der Waals surface area contributed by atoms with Crippen LogP contribution in [0.3, 0.4) is 0 Å². The van der Waals surface area contributed by atoms with Crippen LogP contribution in [0.25, 0.3) is 109 Å². The predicted octanol–water partition coefficient (Wildman–Crippen LogP) is 14.0. The van der Waals surface area contributed by atoms with Crippen LogP contribution in [0, 0.1) is 0 Å². The third-order valence-corrected chi connectivity index (χ3v) is 12.5. The summed E-state index contributed by atoms with van der Waals surface area (Å²) in [5.74, 6) is 1.53. The van der Waals surface area contributed by atoms with Crippen molar-refractivity contribution in [1.82, 2.24) is 19.1 Å². The summed E-state index contributed by atoms with van der Waals surface area (Å²) < 4.78 is 7.36. The fourth-order valence-corrected chi connectivity index (χ4v) is 9.92. The van der Waals surface area contributed by atoms with Crippen molar-refractivity contribution in [1.29, 1.82) is 0 Å². The Bertz CT molecular complexity index is 3430. The summed E-state index contributed by atoms with van der Waals surface area (Å²) >= 11 is 1.86. The third-order valence-electron chi connectivity index (χ3n) is 11.3. The molecule has 8 aromatic carbocycles. The Hall–Kier alpha value is -7.34. The lowest BCUT2D eigenvalue weighted by Gasteiger charge is -2.13. The van der Waals surface area contributed by atoms with Crippen molar-refractivity contribution in [2.75, 3.05) is 0 Å². The minimum absolute atomic E-state index is 0.696. The first kappa shape index (κ1) is 32.0. The molecule has 0 aliphatic rings. The minimum atomic E-state index is 0.696. The summed E-state index contributed by atoms with van der Waals surface area (Å²) in [6, 6.07) is 69.4. The Kier molecular flexibility index (Phi) is 7.06. The van der Waals surface area contributed by atoms with Gasteiger partial charge < -0.3 is 4.57 Å². The van der Waals surface area contributed by atoms with Crippen molar-refractivity contribution in [3.63, 3.8) is 0 Å². The molecule has 0 radical (unpaired) electrons. The number of hydrogen-bond donors (Lipinski definition) is 0. The van der Waals surface area contributed by atoms with Gasteiger partial charge >= 0.3 is 0 Å². The normalized spacial score (nSPS) is 11.9. The molecule has 0 spiro atoms. The number of thiophene rings is 1. The number of para-hydroxylation sites is 2. The van der Waals surface area contributed by atoms with E-state index in [0.717, 1.165) is 39.4 Å². The number of rotatable bonds is 5. The molecule has 4 aromatic heterocycles. The Morgan fingerprint density at radius 2 is 0.860 bits per heavy atom. The molecule has 4 nitrogen and oxygen atoms in total. The second kappa shape index (κ2) is 12.6. The molecule has 0 fully saturated rings. The van der Waals surface area contributed by atoms with Crippen LogP contribution in [0.4, 0.5) is 0 Å². The molecular formula is C52H32N4S. The minimum Gasteiger partial charge on any atom is -0.309 e. The van der Waals surface area contributed by atoms with E-state index in [0.29, 0.717) is 5.82 Å². The molecule has 0 unspecified atom stereocenters. The van der Waals surface area contributed by atoms with E-state index >= 15 is 0 Å². The summed E-state index contributed by atoms with van der Waals surface area (Å²) in [6.07, 6.45) is 0. The second-order valence-electron chi connectivity index (χ2n) is 14.6. The summed E-state index contributed by atoms with van der Waals surface area (Å²) in [4.78, 5) is 10.5. The molecule has 0 aliphatic heterocycles. The van der Waals surface area contributed by atoms with Gasteiger partial charge in [0, 0.05) is 64.6 Å². The van der Waals surface area contributed by atoms with Crippen molar-refractivity contribution in [3.05, 3.63) is 194 Å². The largest absolute Gasteiger partial charge is 0.309 e. The molecule has 266 valence electrons. The van der Waals surface area contributed by atoms with Crippen LogP contribution in [0.2, 0.25) is 0 Å². The lowest BCUT2D eigenvalue weighted by atomic mass is 10.0. The van der Waals surface area contributed by atoms with Crippen molar-refractivity contribution in [3.8, 4) is 45.3 Å². The number of benzene rings is 8. The Balaban J connectivity index is 1.22. The van der Waals surface area contributed by atoms with Crippen LogP contribution in [0.15, 0.2) is 194 Å². The lowest BCUT2D eigenvalue weighted by molar-refractivity contribution is 1.05. The summed E-state index contributed by atoms with van der Waals surface area (Å²) in [5.41, 5.74) is 11.1. The molecule has 0 saturated heterocycles. The molecule has 12 rings (SSSR count). The third kappa shape index (κ3) is 4.93. The molecule has 57 heavy (non-hydrogen) atoms. The topological polar surface area (TPSA) is 35.6 Å². The van der Waals surface area contributed by atoms with Gasteiger partial charge in [-0.2, -0.15) is 0 Å². The Morgan fingerprint density at radius 3 is 1.47 bits per heavy atom. The standard InChI is InChI=1S/C52H32N4S/c1-4-14-33(15-5-1)34-24-26-37(27-25-34)55-43-22-12-10-20-38(43)40-28-30-45-48(50(40)55)49-46(57-45)31-29-41-39-21-11-13-23-44(39)56(51(41)49)47-32-42(35-16-6-2-7-17-35)53-52(54-47)36-18-8-3-9-19-36/h1-32H. The van der Waals surface area contributed by atoms with E-state index in [-0.39, 0.29) is 0 Å². The SMILES string of the molecule is c1ccc(-c2ccc(-n3c4ccccc4c4ccc5sc6ccc7c8ccccc8n(-c8cc(-c9ccccc9)nc(-c9ccccc9)n8)c7c6c5c43)cc2)cc1. The predicted molar refractivity (Wildman–Crippen MR) is 240 cm³/mol. The van der Waals surface area contributed by atoms with E-state index in [4.69, 9.17) is 9.97 Å². The highest BCUT2D eigenvalue weighted by molar-refractivity contribution is 7.26. The zero-order valence-electron chi connectivity index (χ0n) is 30.7. The summed E-state index contributed by atoms with van der Waals surface area (Å²) in [7, 11) is 0. The number of fused-ring (bicyclic) bond motifs is 11. The van der Waals surface area contributed by atoms with Gasteiger partial charge in [0.1, 0.15) is 5.82 Å². The van der Waals surface area contributed by atoms with Crippen LogP contribution < -0.4 is 0 Å². The first-order valence-electron chi connectivity index (χ1n) is 19.3. The molecule has 0 aliphatic carbocycles. The zero-order valence-corrected chi connectivity index (χ0v) is 31.5. The maximum atomic E-state index is 5.39. The van der Waals surface area contributed by atoms with Crippen molar-refractivity contribution < 1.29 is 0 Å². The van der Waals surface area contributed by atoms with Crippen LogP contribution in [-0.2, 0) is 0 Å². The maximum Gasteiger partial charge on any atom is 0.162 e. The van der Waals surface area contributed by atoms with Gasteiger partial charge in [0.05, 0.1) is 27.8 Å². The fraction of sp³-hybridized carbons (Fsp3) is 0. The molecule has 0 bridgehead atoms.